The molecule has 3 rings (SSSR count). The lowest BCUT2D eigenvalue weighted by atomic mass is 10.1. The molecule has 0 spiro atoms. The zero-order chi connectivity index (χ0) is 21.6. The van der Waals surface area contributed by atoms with Crippen LogP contribution in [0.15, 0.2) is 41.8 Å². The maximum absolute atomic E-state index is 12.9. The number of nitrogens with one attached hydrogen (secondary N) is 3. The number of anilines is 1. The Morgan fingerprint density at radius 2 is 2.00 bits per heavy atom. The molecule has 2 aromatic heterocycles. The van der Waals surface area contributed by atoms with Gasteiger partial charge in [0.15, 0.2) is 11.6 Å². The number of aryl methyl sites for hydroxylation is 1. The van der Waals surface area contributed by atoms with E-state index in [9.17, 15) is 13.2 Å². The van der Waals surface area contributed by atoms with E-state index in [2.05, 4.69) is 36.0 Å². The molecule has 0 atom stereocenters. The first-order valence-corrected chi connectivity index (χ1v) is 9.43. The van der Waals surface area contributed by atoms with Crippen molar-refractivity contribution in [1.29, 1.82) is 0 Å². The smallest absolute Gasteiger partial charge is 0.368 e. The number of halogens is 3. The molecule has 2 heterocycles. The summed E-state index contributed by atoms with van der Waals surface area (Å²) in [6.07, 6.45) is -1.19. The van der Waals surface area contributed by atoms with Gasteiger partial charge < -0.3 is 16.0 Å². The number of alkyl halides is 3. The summed E-state index contributed by atoms with van der Waals surface area (Å²) in [4.78, 5) is 12.8. The van der Waals surface area contributed by atoms with Gasteiger partial charge in [-0.1, -0.05) is 12.1 Å². The Kier molecular flexibility index (Phi) is 6.70. The lowest BCUT2D eigenvalue weighted by molar-refractivity contribution is -0.137. The largest absolute Gasteiger partial charge is 0.416 e. The number of fused-ring (bicyclic) bond motifs is 1. The third kappa shape index (κ3) is 5.37. The molecular weight excluding hydrogens is 397 g/mol. The van der Waals surface area contributed by atoms with Crippen molar-refractivity contribution in [2.24, 2.45) is 12.0 Å². The molecule has 0 fully saturated rings. The molecule has 11 heteroatoms. The maximum atomic E-state index is 12.9. The van der Waals surface area contributed by atoms with Crippen LogP contribution in [0.1, 0.15) is 18.1 Å². The first-order valence-electron chi connectivity index (χ1n) is 9.43. The highest BCUT2D eigenvalue weighted by Crippen LogP contribution is 2.29. The average molecular weight is 420 g/mol. The van der Waals surface area contributed by atoms with Crippen LogP contribution >= 0.6 is 0 Å². The number of hydrogen-bond donors (Lipinski definition) is 3. The van der Waals surface area contributed by atoms with Crippen LogP contribution in [0.4, 0.5) is 19.0 Å². The lowest BCUT2D eigenvalue weighted by Gasteiger charge is -2.13. The van der Waals surface area contributed by atoms with E-state index < -0.39 is 11.7 Å². The van der Waals surface area contributed by atoms with Gasteiger partial charge in [-0.2, -0.15) is 18.3 Å². The standard InChI is InChI=1S/C19H23F3N8/c1-3-23-18(26-10-13-5-4-6-14(9-13)19(20,21)22)25-8-7-24-16-15-11-29-30(2)17(15)28-12-27-16/h4-6,9,11-12H,3,7-8,10H2,1-2H3,(H2,23,25,26)(H,24,27,28). The Morgan fingerprint density at radius 3 is 2.77 bits per heavy atom. The van der Waals surface area contributed by atoms with Crippen LogP contribution in [0.5, 0.6) is 0 Å². The molecule has 0 aliphatic rings. The minimum Gasteiger partial charge on any atom is -0.368 e. The Hall–Kier alpha value is -3.37. The molecular formula is C19H23F3N8. The lowest BCUT2D eigenvalue weighted by Crippen LogP contribution is -2.39. The predicted octanol–water partition coefficient (Wildman–Crippen LogP) is 2.55. The van der Waals surface area contributed by atoms with E-state index in [1.807, 2.05) is 14.0 Å². The van der Waals surface area contributed by atoms with Crippen molar-refractivity contribution in [2.75, 3.05) is 25.0 Å². The van der Waals surface area contributed by atoms with E-state index in [0.717, 1.165) is 23.2 Å². The zero-order valence-electron chi connectivity index (χ0n) is 16.7. The Morgan fingerprint density at radius 1 is 1.17 bits per heavy atom. The third-order valence-electron chi connectivity index (χ3n) is 4.26. The van der Waals surface area contributed by atoms with Gasteiger partial charge in [0.1, 0.15) is 12.1 Å². The van der Waals surface area contributed by atoms with Crippen molar-refractivity contribution in [3.8, 4) is 0 Å². The number of hydrogen-bond acceptors (Lipinski definition) is 5. The van der Waals surface area contributed by atoms with Gasteiger partial charge in [-0.05, 0) is 24.6 Å². The van der Waals surface area contributed by atoms with E-state index in [1.165, 1.54) is 12.4 Å². The van der Waals surface area contributed by atoms with Crippen LogP contribution in [0.2, 0.25) is 0 Å². The fraction of sp³-hybridized carbons (Fsp3) is 0.368. The number of aliphatic imine (C=N–C) groups is 1. The number of benzene rings is 1. The van der Waals surface area contributed by atoms with Gasteiger partial charge in [-0.3, -0.25) is 4.68 Å². The minimum atomic E-state index is -4.37. The van der Waals surface area contributed by atoms with Crippen LogP contribution in [-0.4, -0.2) is 45.3 Å². The van der Waals surface area contributed by atoms with Crippen LogP contribution in [0.25, 0.3) is 11.0 Å². The third-order valence-corrected chi connectivity index (χ3v) is 4.26. The quantitative estimate of drug-likeness (QED) is 0.309. The van der Waals surface area contributed by atoms with E-state index >= 15 is 0 Å². The van der Waals surface area contributed by atoms with Crippen molar-refractivity contribution >= 4 is 22.8 Å². The van der Waals surface area contributed by atoms with E-state index in [0.29, 0.717) is 37.0 Å². The maximum Gasteiger partial charge on any atom is 0.416 e. The molecule has 3 aromatic rings. The van der Waals surface area contributed by atoms with Crippen LogP contribution in [0.3, 0.4) is 0 Å². The molecule has 1 aromatic carbocycles. The summed E-state index contributed by atoms with van der Waals surface area (Å²) < 4.78 is 40.2. The van der Waals surface area contributed by atoms with Crippen molar-refractivity contribution in [3.05, 3.63) is 47.9 Å². The molecule has 160 valence electrons. The highest BCUT2D eigenvalue weighted by Gasteiger charge is 2.30. The van der Waals surface area contributed by atoms with Crippen molar-refractivity contribution in [1.82, 2.24) is 30.4 Å². The summed E-state index contributed by atoms with van der Waals surface area (Å²) in [5.74, 6) is 1.20. The number of guanidine groups is 1. The highest BCUT2D eigenvalue weighted by molar-refractivity contribution is 5.86. The molecule has 0 unspecified atom stereocenters. The van der Waals surface area contributed by atoms with Crippen molar-refractivity contribution < 1.29 is 13.2 Å². The second kappa shape index (κ2) is 9.42. The summed E-state index contributed by atoms with van der Waals surface area (Å²) in [6, 6.07) is 5.18. The fourth-order valence-electron chi connectivity index (χ4n) is 2.82. The SMILES string of the molecule is CCNC(=NCc1cccc(C(F)(F)F)c1)NCCNc1ncnc2c1cnn2C. The van der Waals surface area contributed by atoms with Crippen LogP contribution in [-0.2, 0) is 19.8 Å². The van der Waals surface area contributed by atoms with Crippen LogP contribution < -0.4 is 16.0 Å². The first-order chi connectivity index (χ1) is 14.4. The summed E-state index contributed by atoms with van der Waals surface area (Å²) in [5, 5.41) is 14.4. The Balaban J connectivity index is 1.56. The van der Waals surface area contributed by atoms with Gasteiger partial charge >= 0.3 is 6.18 Å². The summed E-state index contributed by atoms with van der Waals surface area (Å²) in [5.41, 5.74) is 0.542. The van der Waals surface area contributed by atoms with Gasteiger partial charge in [0.25, 0.3) is 0 Å². The second-order valence-corrected chi connectivity index (χ2v) is 6.47. The number of aromatic nitrogens is 4. The molecule has 0 saturated heterocycles. The molecule has 0 bridgehead atoms. The molecule has 0 radical (unpaired) electrons. The minimum absolute atomic E-state index is 0.134. The molecule has 0 amide bonds. The number of rotatable bonds is 7. The van der Waals surface area contributed by atoms with Gasteiger partial charge in [0, 0.05) is 26.7 Å². The zero-order valence-corrected chi connectivity index (χ0v) is 16.7. The van der Waals surface area contributed by atoms with E-state index in [1.54, 1.807) is 16.9 Å². The second-order valence-electron chi connectivity index (χ2n) is 6.47. The molecule has 3 N–H and O–H groups in total. The van der Waals surface area contributed by atoms with Gasteiger partial charge in [0.2, 0.25) is 0 Å². The topological polar surface area (TPSA) is 92.1 Å². The molecule has 8 nitrogen and oxygen atoms in total. The van der Waals surface area contributed by atoms with Crippen molar-refractivity contribution in [3.63, 3.8) is 0 Å². The summed E-state index contributed by atoms with van der Waals surface area (Å²) in [6.45, 7) is 3.76. The van der Waals surface area contributed by atoms with E-state index in [-0.39, 0.29) is 6.54 Å². The average Bonchev–Trinajstić information content (AvgIpc) is 3.10. The van der Waals surface area contributed by atoms with Crippen LogP contribution in [0, 0.1) is 0 Å². The Labute approximate surface area is 171 Å². The van der Waals surface area contributed by atoms with Gasteiger partial charge in [0.05, 0.1) is 23.7 Å². The monoisotopic (exact) mass is 420 g/mol. The van der Waals surface area contributed by atoms with Crippen molar-refractivity contribution in [2.45, 2.75) is 19.6 Å². The normalized spacial score (nSPS) is 12.2. The highest BCUT2D eigenvalue weighted by atomic mass is 19.4. The molecule has 30 heavy (non-hydrogen) atoms. The number of nitrogens with zero attached hydrogens (tertiary/aromatic N) is 5. The summed E-state index contributed by atoms with van der Waals surface area (Å²) >= 11 is 0. The first kappa shape index (κ1) is 21.3. The predicted molar refractivity (Wildman–Crippen MR) is 109 cm³/mol. The summed E-state index contributed by atoms with van der Waals surface area (Å²) in [7, 11) is 1.81. The molecule has 0 saturated carbocycles. The van der Waals surface area contributed by atoms with Gasteiger partial charge in [-0.15, -0.1) is 0 Å². The fourth-order valence-corrected chi connectivity index (χ4v) is 2.82. The molecule has 0 aliphatic carbocycles. The molecule has 0 aliphatic heterocycles. The Bertz CT molecular complexity index is 1010. The van der Waals surface area contributed by atoms with E-state index in [4.69, 9.17) is 0 Å². The van der Waals surface area contributed by atoms with Gasteiger partial charge in [-0.25, -0.2) is 15.0 Å².